The summed E-state index contributed by atoms with van der Waals surface area (Å²) in [5, 5.41) is 0. The minimum absolute atomic E-state index is 0.396. The highest BCUT2D eigenvalue weighted by atomic mass is 16.5. The summed E-state index contributed by atoms with van der Waals surface area (Å²) in [5.74, 6) is 2.17. The number of hydrogen-bond donors (Lipinski definition) is 0. The molecule has 0 N–H and O–H groups in total. The smallest absolute Gasteiger partial charge is 0.122 e. The van der Waals surface area contributed by atoms with Crippen molar-refractivity contribution in [1.82, 2.24) is 0 Å². The van der Waals surface area contributed by atoms with Crippen molar-refractivity contribution in [2.45, 2.75) is 19.3 Å². The van der Waals surface area contributed by atoms with E-state index in [1.165, 1.54) is 0 Å². The maximum atomic E-state index is 5.32. The van der Waals surface area contributed by atoms with Gasteiger partial charge in [-0.1, -0.05) is 13.0 Å². The molecule has 1 aromatic rings. The normalized spacial score (nSPS) is 11.9. The second kappa shape index (κ2) is 5.44. The van der Waals surface area contributed by atoms with Crippen molar-refractivity contribution >= 4 is 0 Å². The van der Waals surface area contributed by atoms with E-state index < -0.39 is 0 Å². The largest absolute Gasteiger partial charge is 0.497 e. The summed E-state index contributed by atoms with van der Waals surface area (Å²) in [6.07, 6.45) is 2.85. The Morgan fingerprint density at radius 3 is 2.60 bits per heavy atom. The van der Waals surface area contributed by atoms with Crippen molar-refractivity contribution in [3.05, 3.63) is 36.4 Å². The molecule has 0 amide bonds. The second-order valence-electron chi connectivity index (χ2n) is 3.53. The quantitative estimate of drug-likeness (QED) is 0.687. The van der Waals surface area contributed by atoms with Crippen molar-refractivity contribution < 1.29 is 9.47 Å². The van der Waals surface area contributed by atoms with Gasteiger partial charge in [0.05, 0.1) is 14.2 Å². The van der Waals surface area contributed by atoms with E-state index in [-0.39, 0.29) is 0 Å². The highest BCUT2D eigenvalue weighted by Crippen LogP contribution is 2.32. The summed E-state index contributed by atoms with van der Waals surface area (Å²) in [6, 6.07) is 5.86. The van der Waals surface area contributed by atoms with E-state index in [1.54, 1.807) is 14.2 Å². The molecule has 0 saturated heterocycles. The van der Waals surface area contributed by atoms with Crippen LogP contribution in [0, 0.1) is 0 Å². The number of allylic oxidation sites excluding steroid dienone is 1. The van der Waals surface area contributed by atoms with Crippen LogP contribution in [0.3, 0.4) is 0 Å². The van der Waals surface area contributed by atoms with Gasteiger partial charge in [0.15, 0.2) is 0 Å². The number of hydrogen-bond acceptors (Lipinski definition) is 2. The zero-order valence-corrected chi connectivity index (χ0v) is 9.62. The van der Waals surface area contributed by atoms with Gasteiger partial charge >= 0.3 is 0 Å². The first-order chi connectivity index (χ1) is 7.22. The first kappa shape index (κ1) is 11.6. The van der Waals surface area contributed by atoms with Crippen LogP contribution in [0.5, 0.6) is 11.5 Å². The molecule has 1 aromatic carbocycles. The van der Waals surface area contributed by atoms with E-state index in [9.17, 15) is 0 Å². The van der Waals surface area contributed by atoms with Crippen molar-refractivity contribution in [1.29, 1.82) is 0 Å². The molecule has 0 aliphatic carbocycles. The lowest BCUT2D eigenvalue weighted by atomic mass is 9.96. The van der Waals surface area contributed by atoms with Crippen LogP contribution in [0.25, 0.3) is 0 Å². The molecule has 1 unspecified atom stereocenters. The van der Waals surface area contributed by atoms with Crippen LogP contribution in [0.1, 0.15) is 24.8 Å². The monoisotopic (exact) mass is 206 g/mol. The van der Waals surface area contributed by atoms with Gasteiger partial charge in [-0.3, -0.25) is 0 Å². The molecular weight excluding hydrogens is 188 g/mol. The van der Waals surface area contributed by atoms with Crippen LogP contribution in [0.4, 0.5) is 0 Å². The van der Waals surface area contributed by atoms with Gasteiger partial charge in [0, 0.05) is 5.56 Å². The minimum atomic E-state index is 0.396. The number of rotatable bonds is 5. The fourth-order valence-corrected chi connectivity index (χ4v) is 1.60. The molecule has 2 nitrogen and oxygen atoms in total. The van der Waals surface area contributed by atoms with E-state index >= 15 is 0 Å². The average molecular weight is 206 g/mol. The summed E-state index contributed by atoms with van der Waals surface area (Å²) in [7, 11) is 3.36. The third kappa shape index (κ3) is 2.75. The molecule has 0 saturated carbocycles. The lowest BCUT2D eigenvalue weighted by Crippen LogP contribution is -1.97. The summed E-state index contributed by atoms with van der Waals surface area (Å²) in [5.41, 5.74) is 1.16. The topological polar surface area (TPSA) is 18.5 Å². The molecular formula is C13H18O2. The van der Waals surface area contributed by atoms with Gasteiger partial charge in [-0.05, 0) is 30.5 Å². The Kier molecular flexibility index (Phi) is 4.22. The van der Waals surface area contributed by atoms with Crippen LogP contribution in [-0.4, -0.2) is 14.2 Å². The van der Waals surface area contributed by atoms with Gasteiger partial charge in [0.2, 0.25) is 0 Å². The van der Waals surface area contributed by atoms with Crippen LogP contribution in [-0.2, 0) is 0 Å². The van der Waals surface area contributed by atoms with Gasteiger partial charge in [0.1, 0.15) is 11.5 Å². The Hall–Kier alpha value is -1.44. The van der Waals surface area contributed by atoms with Gasteiger partial charge in [-0.15, -0.1) is 6.58 Å². The zero-order valence-electron chi connectivity index (χ0n) is 9.62. The molecule has 82 valence electrons. The Balaban J connectivity index is 3.04. The predicted molar refractivity (Wildman–Crippen MR) is 62.8 cm³/mol. The minimum Gasteiger partial charge on any atom is -0.497 e. The van der Waals surface area contributed by atoms with Gasteiger partial charge in [0.25, 0.3) is 0 Å². The molecule has 0 fully saturated rings. The van der Waals surface area contributed by atoms with E-state index in [1.807, 2.05) is 24.3 Å². The molecule has 2 heteroatoms. The van der Waals surface area contributed by atoms with Crippen molar-refractivity contribution in [3.8, 4) is 11.5 Å². The molecule has 1 rings (SSSR count). The second-order valence-corrected chi connectivity index (χ2v) is 3.53. The van der Waals surface area contributed by atoms with Crippen LogP contribution < -0.4 is 9.47 Å². The van der Waals surface area contributed by atoms with E-state index in [2.05, 4.69) is 13.5 Å². The predicted octanol–water partition coefficient (Wildman–Crippen LogP) is 3.38. The molecule has 0 aliphatic heterocycles. The highest BCUT2D eigenvalue weighted by molar-refractivity contribution is 5.42. The first-order valence-corrected chi connectivity index (χ1v) is 5.05. The third-order valence-corrected chi connectivity index (χ3v) is 2.49. The highest BCUT2D eigenvalue weighted by Gasteiger charge is 2.11. The van der Waals surface area contributed by atoms with Crippen LogP contribution >= 0.6 is 0 Å². The fourth-order valence-electron chi connectivity index (χ4n) is 1.60. The van der Waals surface area contributed by atoms with Crippen molar-refractivity contribution in [3.63, 3.8) is 0 Å². The molecule has 1 atom stereocenters. The zero-order chi connectivity index (χ0) is 11.3. The Morgan fingerprint density at radius 2 is 2.07 bits per heavy atom. The lowest BCUT2D eigenvalue weighted by Gasteiger charge is -2.15. The fraction of sp³-hybridized carbons (Fsp3) is 0.385. The maximum absolute atomic E-state index is 5.32. The molecule has 0 radical (unpaired) electrons. The molecule has 0 spiro atoms. The molecule has 15 heavy (non-hydrogen) atoms. The standard InChI is InChI=1S/C13H18O2/c1-5-6-10(2)12-9-11(14-3)7-8-13(12)15-4/h5,7-10H,1,6H2,2-4H3. The number of benzene rings is 1. The molecule has 0 aromatic heterocycles. The molecule has 0 aliphatic rings. The number of methoxy groups -OCH3 is 2. The maximum Gasteiger partial charge on any atom is 0.122 e. The summed E-state index contributed by atoms with van der Waals surface area (Å²) >= 11 is 0. The lowest BCUT2D eigenvalue weighted by molar-refractivity contribution is 0.396. The Labute approximate surface area is 91.5 Å². The number of ether oxygens (including phenoxy) is 2. The van der Waals surface area contributed by atoms with E-state index in [0.29, 0.717) is 5.92 Å². The average Bonchev–Trinajstić information content (AvgIpc) is 2.28. The van der Waals surface area contributed by atoms with Crippen molar-refractivity contribution in [2.75, 3.05) is 14.2 Å². The third-order valence-electron chi connectivity index (χ3n) is 2.49. The Bertz CT molecular complexity index is 331. The summed E-state index contributed by atoms with van der Waals surface area (Å²) in [6.45, 7) is 5.90. The van der Waals surface area contributed by atoms with Crippen LogP contribution in [0.2, 0.25) is 0 Å². The molecule has 0 heterocycles. The van der Waals surface area contributed by atoms with E-state index in [4.69, 9.17) is 9.47 Å². The van der Waals surface area contributed by atoms with E-state index in [0.717, 1.165) is 23.5 Å². The van der Waals surface area contributed by atoms with Crippen molar-refractivity contribution in [2.24, 2.45) is 0 Å². The van der Waals surface area contributed by atoms with Gasteiger partial charge < -0.3 is 9.47 Å². The molecule has 0 bridgehead atoms. The first-order valence-electron chi connectivity index (χ1n) is 5.05. The summed E-state index contributed by atoms with van der Waals surface area (Å²) < 4.78 is 10.5. The summed E-state index contributed by atoms with van der Waals surface area (Å²) in [4.78, 5) is 0. The SMILES string of the molecule is C=CCC(C)c1cc(OC)ccc1OC. The van der Waals surface area contributed by atoms with Gasteiger partial charge in [-0.25, -0.2) is 0 Å². The van der Waals surface area contributed by atoms with Crippen LogP contribution in [0.15, 0.2) is 30.9 Å². The Morgan fingerprint density at radius 1 is 1.33 bits per heavy atom. The van der Waals surface area contributed by atoms with Gasteiger partial charge in [-0.2, -0.15) is 0 Å².